The summed E-state index contributed by atoms with van der Waals surface area (Å²) in [5.74, 6) is -0.992. The van der Waals surface area contributed by atoms with E-state index in [9.17, 15) is 9.90 Å². The second-order valence-electron chi connectivity index (χ2n) is 4.53. The number of rotatable bonds is 7. The van der Waals surface area contributed by atoms with Crippen LogP contribution in [0.1, 0.15) is 18.9 Å². The van der Waals surface area contributed by atoms with Gasteiger partial charge in [0.05, 0.1) is 5.92 Å². The topological polar surface area (TPSA) is 46.5 Å². The fourth-order valence-electron chi connectivity index (χ4n) is 1.91. The Morgan fingerprint density at radius 2 is 2.00 bits per heavy atom. The molecule has 0 spiro atoms. The molecule has 1 rings (SSSR count). The van der Waals surface area contributed by atoms with Crippen molar-refractivity contribution in [2.24, 2.45) is 11.8 Å². The van der Waals surface area contributed by atoms with Crippen molar-refractivity contribution in [3.05, 3.63) is 34.3 Å². The van der Waals surface area contributed by atoms with Crippen LogP contribution in [0.25, 0.3) is 0 Å². The Hall–Kier alpha value is -0.870. The summed E-state index contributed by atoms with van der Waals surface area (Å²) in [5.41, 5.74) is 1.05. The first kappa shape index (κ1) is 15.2. The monoisotopic (exact) mass is 314 g/mol. The van der Waals surface area contributed by atoms with Crippen LogP contribution >= 0.6 is 15.9 Å². The number of hydrogen-bond donors (Lipinski definition) is 1. The third-order valence-electron chi connectivity index (χ3n) is 3.15. The Morgan fingerprint density at radius 1 is 1.39 bits per heavy atom. The van der Waals surface area contributed by atoms with Gasteiger partial charge in [-0.3, -0.25) is 4.79 Å². The molecule has 1 aromatic carbocycles. The lowest BCUT2D eigenvalue weighted by molar-refractivity contribution is -0.143. The molecule has 0 aromatic heterocycles. The van der Waals surface area contributed by atoms with E-state index in [-0.39, 0.29) is 11.8 Å². The molecule has 1 N–H and O–H groups in total. The predicted molar refractivity (Wildman–Crippen MR) is 74.6 cm³/mol. The van der Waals surface area contributed by atoms with E-state index in [0.717, 1.165) is 16.5 Å². The van der Waals surface area contributed by atoms with Crippen LogP contribution in [0.15, 0.2) is 28.7 Å². The zero-order valence-electron chi connectivity index (χ0n) is 10.7. The van der Waals surface area contributed by atoms with Crippen LogP contribution in [0.5, 0.6) is 0 Å². The number of benzene rings is 1. The minimum atomic E-state index is -0.735. The first-order chi connectivity index (χ1) is 8.54. The molecule has 18 heavy (non-hydrogen) atoms. The lowest BCUT2D eigenvalue weighted by atomic mass is 9.86. The second-order valence-corrected chi connectivity index (χ2v) is 5.45. The number of ether oxygens (including phenoxy) is 1. The van der Waals surface area contributed by atoms with Crippen LogP contribution in [0.4, 0.5) is 0 Å². The Labute approximate surface area is 116 Å². The summed E-state index contributed by atoms with van der Waals surface area (Å²) < 4.78 is 6.01. The number of methoxy groups -OCH3 is 1. The van der Waals surface area contributed by atoms with Gasteiger partial charge in [-0.2, -0.15) is 0 Å². The highest BCUT2D eigenvalue weighted by atomic mass is 79.9. The molecular weight excluding hydrogens is 296 g/mol. The smallest absolute Gasteiger partial charge is 0.307 e. The minimum absolute atomic E-state index is 0.103. The molecule has 4 heteroatoms. The molecule has 0 aliphatic rings. The molecule has 0 saturated heterocycles. The van der Waals surface area contributed by atoms with Crippen molar-refractivity contribution >= 4 is 21.9 Å². The average molecular weight is 315 g/mol. The van der Waals surface area contributed by atoms with Gasteiger partial charge in [0, 0.05) is 18.2 Å². The van der Waals surface area contributed by atoms with Gasteiger partial charge in [-0.05, 0) is 36.5 Å². The highest BCUT2D eigenvalue weighted by molar-refractivity contribution is 9.10. The third kappa shape index (κ3) is 4.78. The number of halogens is 1. The van der Waals surface area contributed by atoms with Gasteiger partial charge in [0.15, 0.2) is 0 Å². The molecule has 0 aliphatic heterocycles. The molecule has 0 fully saturated rings. The van der Waals surface area contributed by atoms with E-state index in [1.165, 1.54) is 0 Å². The lowest BCUT2D eigenvalue weighted by Crippen LogP contribution is -2.25. The molecule has 0 aliphatic carbocycles. The standard InChI is InChI=1S/C14H19BrO3/c1-10(7-8-18-2)13(14(16)17)9-11-3-5-12(15)6-4-11/h3-6,10,13H,7-9H2,1-2H3,(H,16,17). The Bertz CT molecular complexity index is 375. The van der Waals surface area contributed by atoms with Crippen molar-refractivity contribution in [3.63, 3.8) is 0 Å². The van der Waals surface area contributed by atoms with E-state index in [4.69, 9.17) is 4.74 Å². The summed E-state index contributed by atoms with van der Waals surface area (Å²) in [4.78, 5) is 11.3. The van der Waals surface area contributed by atoms with E-state index in [1.807, 2.05) is 31.2 Å². The summed E-state index contributed by atoms with van der Waals surface area (Å²) in [6, 6.07) is 7.80. The van der Waals surface area contributed by atoms with E-state index in [2.05, 4.69) is 15.9 Å². The van der Waals surface area contributed by atoms with Gasteiger partial charge in [0.1, 0.15) is 0 Å². The van der Waals surface area contributed by atoms with Gasteiger partial charge in [0.25, 0.3) is 0 Å². The van der Waals surface area contributed by atoms with Crippen molar-refractivity contribution in [2.45, 2.75) is 19.8 Å². The number of hydrogen-bond acceptors (Lipinski definition) is 2. The Balaban J connectivity index is 2.68. The molecule has 100 valence electrons. The second kappa shape index (κ2) is 7.54. The largest absolute Gasteiger partial charge is 0.481 e. The van der Waals surface area contributed by atoms with Gasteiger partial charge >= 0.3 is 5.97 Å². The van der Waals surface area contributed by atoms with Crippen LogP contribution in [0.3, 0.4) is 0 Å². The van der Waals surface area contributed by atoms with E-state index < -0.39 is 5.97 Å². The zero-order valence-corrected chi connectivity index (χ0v) is 12.3. The fourth-order valence-corrected chi connectivity index (χ4v) is 2.18. The van der Waals surface area contributed by atoms with Crippen molar-refractivity contribution in [1.29, 1.82) is 0 Å². The highest BCUT2D eigenvalue weighted by Crippen LogP contribution is 2.22. The number of aliphatic carboxylic acids is 1. The predicted octanol–water partition coefficient (Wildman–Crippen LogP) is 3.37. The van der Waals surface area contributed by atoms with Crippen LogP contribution in [-0.2, 0) is 16.0 Å². The van der Waals surface area contributed by atoms with Crippen molar-refractivity contribution < 1.29 is 14.6 Å². The normalized spacial score (nSPS) is 14.2. The number of carboxylic acid groups (broad SMARTS) is 1. The zero-order chi connectivity index (χ0) is 13.5. The SMILES string of the molecule is COCCC(C)C(Cc1ccc(Br)cc1)C(=O)O. The summed E-state index contributed by atoms with van der Waals surface area (Å²) >= 11 is 3.37. The van der Waals surface area contributed by atoms with Crippen LogP contribution in [-0.4, -0.2) is 24.8 Å². The first-order valence-electron chi connectivity index (χ1n) is 6.00. The maximum atomic E-state index is 11.3. The maximum absolute atomic E-state index is 11.3. The maximum Gasteiger partial charge on any atom is 0.307 e. The Kier molecular flexibility index (Phi) is 6.36. The molecule has 0 bridgehead atoms. The van der Waals surface area contributed by atoms with Gasteiger partial charge in [-0.15, -0.1) is 0 Å². The molecule has 0 radical (unpaired) electrons. The fraction of sp³-hybridized carbons (Fsp3) is 0.500. The molecule has 0 saturated carbocycles. The highest BCUT2D eigenvalue weighted by Gasteiger charge is 2.24. The lowest BCUT2D eigenvalue weighted by Gasteiger charge is -2.20. The quantitative estimate of drug-likeness (QED) is 0.839. The van der Waals surface area contributed by atoms with Crippen molar-refractivity contribution in [2.75, 3.05) is 13.7 Å². The molecule has 3 nitrogen and oxygen atoms in total. The van der Waals surface area contributed by atoms with Gasteiger partial charge in [-0.25, -0.2) is 0 Å². The summed E-state index contributed by atoms with van der Waals surface area (Å²) in [6.07, 6.45) is 1.33. The van der Waals surface area contributed by atoms with Crippen molar-refractivity contribution in [1.82, 2.24) is 0 Å². The summed E-state index contributed by atoms with van der Waals surface area (Å²) in [7, 11) is 1.64. The summed E-state index contributed by atoms with van der Waals surface area (Å²) in [6.45, 7) is 2.57. The minimum Gasteiger partial charge on any atom is -0.481 e. The van der Waals surface area contributed by atoms with E-state index in [0.29, 0.717) is 13.0 Å². The molecule has 0 heterocycles. The Morgan fingerprint density at radius 3 is 2.50 bits per heavy atom. The van der Waals surface area contributed by atoms with Gasteiger partial charge < -0.3 is 9.84 Å². The van der Waals surface area contributed by atoms with Crippen molar-refractivity contribution in [3.8, 4) is 0 Å². The van der Waals surface area contributed by atoms with Crippen LogP contribution < -0.4 is 0 Å². The van der Waals surface area contributed by atoms with E-state index in [1.54, 1.807) is 7.11 Å². The molecular formula is C14H19BrO3. The number of carbonyl (C=O) groups is 1. The first-order valence-corrected chi connectivity index (χ1v) is 6.80. The molecule has 1 aromatic rings. The van der Waals surface area contributed by atoms with Crippen LogP contribution in [0, 0.1) is 11.8 Å². The van der Waals surface area contributed by atoms with Gasteiger partial charge in [0.2, 0.25) is 0 Å². The van der Waals surface area contributed by atoms with Crippen LogP contribution in [0.2, 0.25) is 0 Å². The molecule has 2 unspecified atom stereocenters. The number of carboxylic acids is 1. The van der Waals surface area contributed by atoms with E-state index >= 15 is 0 Å². The molecule has 2 atom stereocenters. The third-order valence-corrected chi connectivity index (χ3v) is 3.68. The summed E-state index contributed by atoms with van der Waals surface area (Å²) in [5, 5.41) is 9.31. The molecule has 0 amide bonds. The average Bonchev–Trinajstić information content (AvgIpc) is 2.34. The van der Waals surface area contributed by atoms with Gasteiger partial charge in [-0.1, -0.05) is 35.0 Å².